The van der Waals surface area contributed by atoms with Crippen molar-refractivity contribution in [3.63, 3.8) is 0 Å². The number of hydrogen-bond acceptors (Lipinski definition) is 3. The molecule has 0 radical (unpaired) electrons. The zero-order chi connectivity index (χ0) is 13.4. The van der Waals surface area contributed by atoms with Crippen molar-refractivity contribution >= 4 is 0 Å². The molecule has 0 amide bonds. The molecule has 3 nitrogen and oxygen atoms in total. The van der Waals surface area contributed by atoms with Gasteiger partial charge in [-0.25, -0.2) is 0 Å². The highest BCUT2D eigenvalue weighted by Crippen LogP contribution is 2.14. The first kappa shape index (κ1) is 15.7. The molecule has 1 rings (SSSR count). The Balaban J connectivity index is 1.98. The summed E-state index contributed by atoms with van der Waals surface area (Å²) in [4.78, 5) is 2.43. The van der Waals surface area contributed by atoms with E-state index in [9.17, 15) is 13.2 Å². The average molecular weight is 268 g/mol. The van der Waals surface area contributed by atoms with Gasteiger partial charge in [0.15, 0.2) is 0 Å². The van der Waals surface area contributed by atoms with Gasteiger partial charge < -0.3 is 15.0 Å². The molecule has 0 atom stereocenters. The molecule has 0 spiro atoms. The molecule has 1 fully saturated rings. The molecule has 1 aliphatic rings. The van der Waals surface area contributed by atoms with Crippen molar-refractivity contribution in [2.45, 2.75) is 38.4 Å². The maximum Gasteiger partial charge on any atom is 0.411 e. The summed E-state index contributed by atoms with van der Waals surface area (Å²) in [6, 6.07) is 0.424. The molecule has 6 heteroatoms. The monoisotopic (exact) mass is 268 g/mol. The average Bonchev–Trinajstić information content (AvgIpc) is 2.30. The highest BCUT2D eigenvalue weighted by Gasteiger charge is 2.27. The van der Waals surface area contributed by atoms with Crippen molar-refractivity contribution in [2.24, 2.45) is 0 Å². The molecule has 18 heavy (non-hydrogen) atoms. The summed E-state index contributed by atoms with van der Waals surface area (Å²) in [7, 11) is 0. The Labute approximate surface area is 107 Å². The Kier molecular flexibility index (Phi) is 6.96. The van der Waals surface area contributed by atoms with E-state index in [0.29, 0.717) is 12.6 Å². The van der Waals surface area contributed by atoms with Crippen LogP contribution in [0, 0.1) is 0 Å². The first-order valence-corrected chi connectivity index (χ1v) is 6.61. The van der Waals surface area contributed by atoms with Crippen LogP contribution in [0.5, 0.6) is 0 Å². The SMILES string of the molecule is CCCN1CCC(NCCOCC(F)(F)F)CC1. The third kappa shape index (κ3) is 7.18. The van der Waals surface area contributed by atoms with Crippen LogP contribution in [0.15, 0.2) is 0 Å². The van der Waals surface area contributed by atoms with Gasteiger partial charge >= 0.3 is 6.18 Å². The summed E-state index contributed by atoms with van der Waals surface area (Å²) in [6.07, 6.45) is -0.909. The van der Waals surface area contributed by atoms with Crippen LogP contribution in [0.25, 0.3) is 0 Å². The number of alkyl halides is 3. The van der Waals surface area contributed by atoms with Gasteiger partial charge in [-0.3, -0.25) is 0 Å². The van der Waals surface area contributed by atoms with Crippen molar-refractivity contribution in [2.75, 3.05) is 39.4 Å². The van der Waals surface area contributed by atoms with E-state index in [2.05, 4.69) is 21.9 Å². The Morgan fingerprint density at radius 2 is 1.94 bits per heavy atom. The van der Waals surface area contributed by atoms with Crippen molar-refractivity contribution in [1.29, 1.82) is 0 Å². The number of likely N-dealkylation sites (tertiary alicyclic amines) is 1. The van der Waals surface area contributed by atoms with Crippen molar-refractivity contribution in [3.8, 4) is 0 Å². The predicted molar refractivity (Wildman–Crippen MR) is 64.6 cm³/mol. The second kappa shape index (κ2) is 7.96. The van der Waals surface area contributed by atoms with Crippen molar-refractivity contribution in [1.82, 2.24) is 10.2 Å². The summed E-state index contributed by atoms with van der Waals surface area (Å²) in [6.45, 7) is 4.93. The molecule has 0 aromatic rings. The maximum absolute atomic E-state index is 11.8. The number of halogens is 3. The molecule has 0 unspecified atom stereocenters. The number of nitrogens with zero attached hydrogens (tertiary/aromatic N) is 1. The first-order valence-electron chi connectivity index (χ1n) is 6.61. The minimum atomic E-state index is -4.22. The molecule has 0 aromatic carbocycles. The highest BCUT2D eigenvalue weighted by atomic mass is 19.4. The van der Waals surface area contributed by atoms with Gasteiger partial charge in [-0.1, -0.05) is 6.92 Å². The van der Waals surface area contributed by atoms with Crippen LogP contribution >= 0.6 is 0 Å². The molecule has 1 saturated heterocycles. The lowest BCUT2D eigenvalue weighted by Crippen LogP contribution is -2.43. The maximum atomic E-state index is 11.8. The van der Waals surface area contributed by atoms with Gasteiger partial charge in [-0.15, -0.1) is 0 Å². The van der Waals surface area contributed by atoms with Gasteiger partial charge in [-0.05, 0) is 38.9 Å². The molecule has 108 valence electrons. The fourth-order valence-corrected chi connectivity index (χ4v) is 2.20. The Morgan fingerprint density at radius 3 is 2.50 bits per heavy atom. The Morgan fingerprint density at radius 1 is 1.28 bits per heavy atom. The van der Waals surface area contributed by atoms with Crippen LogP contribution in [-0.2, 0) is 4.74 Å². The summed E-state index contributed by atoms with van der Waals surface area (Å²) in [5.41, 5.74) is 0. The predicted octanol–water partition coefficient (Wildman–Crippen LogP) is 2.03. The molecular weight excluding hydrogens is 245 g/mol. The van der Waals surface area contributed by atoms with Gasteiger partial charge in [0.25, 0.3) is 0 Å². The molecule has 0 saturated carbocycles. The number of nitrogens with one attached hydrogen (secondary N) is 1. The van der Waals surface area contributed by atoms with Crippen LogP contribution in [0.2, 0.25) is 0 Å². The zero-order valence-electron chi connectivity index (χ0n) is 10.9. The number of hydrogen-bond donors (Lipinski definition) is 1. The van der Waals surface area contributed by atoms with Crippen molar-refractivity contribution < 1.29 is 17.9 Å². The van der Waals surface area contributed by atoms with E-state index in [1.165, 1.54) is 6.42 Å². The lowest BCUT2D eigenvalue weighted by atomic mass is 10.1. The normalized spacial score (nSPS) is 19.3. The zero-order valence-corrected chi connectivity index (χ0v) is 10.9. The molecule has 0 aliphatic carbocycles. The van der Waals surface area contributed by atoms with E-state index in [1.54, 1.807) is 0 Å². The minimum Gasteiger partial charge on any atom is -0.371 e. The second-order valence-corrected chi connectivity index (χ2v) is 4.74. The third-order valence-electron chi connectivity index (χ3n) is 3.07. The number of piperidine rings is 1. The molecule has 1 aliphatic heterocycles. The van der Waals surface area contributed by atoms with Gasteiger partial charge in [-0.2, -0.15) is 13.2 Å². The van der Waals surface area contributed by atoms with Gasteiger partial charge in [0.05, 0.1) is 6.61 Å². The summed E-state index contributed by atoms with van der Waals surface area (Å²) >= 11 is 0. The van der Waals surface area contributed by atoms with Gasteiger partial charge in [0, 0.05) is 12.6 Å². The van der Waals surface area contributed by atoms with E-state index >= 15 is 0 Å². The van der Waals surface area contributed by atoms with E-state index < -0.39 is 12.8 Å². The van der Waals surface area contributed by atoms with Gasteiger partial charge in [0.1, 0.15) is 6.61 Å². The lowest BCUT2D eigenvalue weighted by Gasteiger charge is -2.32. The molecule has 0 bridgehead atoms. The van der Waals surface area contributed by atoms with Crippen LogP contribution < -0.4 is 5.32 Å². The second-order valence-electron chi connectivity index (χ2n) is 4.74. The minimum absolute atomic E-state index is 0.120. The van der Waals surface area contributed by atoms with E-state index in [1.807, 2.05) is 0 Å². The smallest absolute Gasteiger partial charge is 0.371 e. The van der Waals surface area contributed by atoms with Crippen LogP contribution in [0.1, 0.15) is 26.2 Å². The van der Waals surface area contributed by atoms with E-state index in [-0.39, 0.29) is 6.61 Å². The van der Waals surface area contributed by atoms with Crippen LogP contribution in [0.4, 0.5) is 13.2 Å². The number of ether oxygens (including phenoxy) is 1. The fraction of sp³-hybridized carbons (Fsp3) is 1.00. The molecular formula is C12H23F3N2O. The van der Waals surface area contributed by atoms with Crippen LogP contribution in [-0.4, -0.2) is 56.5 Å². The van der Waals surface area contributed by atoms with Crippen LogP contribution in [0.3, 0.4) is 0 Å². The standard InChI is InChI=1S/C12H23F3N2O/c1-2-6-17-7-3-11(4-8-17)16-5-9-18-10-12(13,14)15/h11,16H,2-10H2,1H3. The summed E-state index contributed by atoms with van der Waals surface area (Å²) in [5.74, 6) is 0. The topological polar surface area (TPSA) is 24.5 Å². The largest absolute Gasteiger partial charge is 0.411 e. The quantitative estimate of drug-likeness (QED) is 0.715. The summed E-state index contributed by atoms with van der Waals surface area (Å²) < 4.78 is 40.0. The van der Waals surface area contributed by atoms with E-state index in [0.717, 1.165) is 32.5 Å². The third-order valence-corrected chi connectivity index (χ3v) is 3.07. The Hall–Kier alpha value is -0.330. The first-order chi connectivity index (χ1) is 8.51. The van der Waals surface area contributed by atoms with Gasteiger partial charge in [0.2, 0.25) is 0 Å². The van der Waals surface area contributed by atoms with E-state index in [4.69, 9.17) is 0 Å². The fourth-order valence-electron chi connectivity index (χ4n) is 2.20. The molecule has 1 heterocycles. The molecule has 0 aromatic heterocycles. The number of rotatable bonds is 7. The lowest BCUT2D eigenvalue weighted by molar-refractivity contribution is -0.173. The summed E-state index contributed by atoms with van der Waals surface area (Å²) in [5, 5.41) is 3.25. The van der Waals surface area contributed by atoms with Crippen molar-refractivity contribution in [3.05, 3.63) is 0 Å². The Bertz CT molecular complexity index is 216. The molecule has 1 N–H and O–H groups in total. The highest BCUT2D eigenvalue weighted by molar-refractivity contribution is 4.76.